The molecule has 1 aromatic heterocycles. The van der Waals surface area contributed by atoms with Gasteiger partial charge in [-0.15, -0.1) is 0 Å². The van der Waals surface area contributed by atoms with Gasteiger partial charge in [0, 0.05) is 13.3 Å². The minimum atomic E-state index is -0.729. The lowest BCUT2D eigenvalue weighted by Gasteiger charge is -2.12. The Kier molecular flexibility index (Phi) is 6.68. The first-order valence-corrected chi connectivity index (χ1v) is 8.22. The van der Waals surface area contributed by atoms with Crippen molar-refractivity contribution in [3.8, 4) is 17.2 Å². The molecule has 1 N–H and O–H groups in total. The normalized spacial score (nSPS) is 10.6. The van der Waals surface area contributed by atoms with E-state index in [4.69, 9.17) is 18.6 Å². The molecule has 0 radical (unpaired) electrons. The zero-order valence-corrected chi connectivity index (χ0v) is 14.4. The Morgan fingerprint density at radius 1 is 1.16 bits per heavy atom. The number of ether oxygens (including phenoxy) is 3. The first kappa shape index (κ1) is 18.6. The fourth-order valence-corrected chi connectivity index (χ4v) is 2.21. The number of fused-ring (bicyclic) bond motifs is 1. The van der Waals surface area contributed by atoms with Crippen molar-refractivity contribution < 1.29 is 28.5 Å². The molecule has 0 spiro atoms. The quantitative estimate of drug-likeness (QED) is 0.422. The molecule has 7 nitrogen and oxygen atoms in total. The summed E-state index contributed by atoms with van der Waals surface area (Å²) >= 11 is 0. The van der Waals surface area contributed by atoms with Crippen molar-refractivity contribution in [3.63, 3.8) is 0 Å². The average molecular weight is 350 g/mol. The van der Waals surface area contributed by atoms with E-state index in [1.807, 2.05) is 6.92 Å². The third-order valence-electron chi connectivity index (χ3n) is 3.42. The van der Waals surface area contributed by atoms with Crippen LogP contribution in [0.4, 0.5) is 0 Å². The summed E-state index contributed by atoms with van der Waals surface area (Å²) in [4.78, 5) is 22.7. The van der Waals surface area contributed by atoms with Gasteiger partial charge in [-0.1, -0.05) is 19.4 Å². The lowest BCUT2D eigenvalue weighted by Crippen LogP contribution is -2.09. The number of rotatable bonds is 9. The molecule has 0 aliphatic carbocycles. The molecule has 0 fully saturated rings. The SMILES string of the molecule is CCCCOc1c(O)c2c(OCCCOC(C)=O)cccc2oc1=O. The number of benzene rings is 1. The van der Waals surface area contributed by atoms with E-state index in [-0.39, 0.29) is 41.7 Å². The molecule has 0 atom stereocenters. The van der Waals surface area contributed by atoms with E-state index in [2.05, 4.69) is 0 Å². The van der Waals surface area contributed by atoms with Gasteiger partial charge in [-0.3, -0.25) is 4.79 Å². The summed E-state index contributed by atoms with van der Waals surface area (Å²) in [5.41, 5.74) is -0.518. The molecule has 0 bridgehead atoms. The predicted molar refractivity (Wildman–Crippen MR) is 91.3 cm³/mol. The molecular weight excluding hydrogens is 328 g/mol. The summed E-state index contributed by atoms with van der Waals surface area (Å²) in [5.74, 6) is -0.491. The Bertz CT molecular complexity index is 779. The summed E-state index contributed by atoms with van der Waals surface area (Å²) in [5, 5.41) is 10.7. The number of hydrogen-bond acceptors (Lipinski definition) is 7. The summed E-state index contributed by atoms with van der Waals surface area (Å²) < 4.78 is 21.1. The lowest BCUT2D eigenvalue weighted by molar-refractivity contribution is -0.141. The number of esters is 1. The maximum Gasteiger partial charge on any atom is 0.383 e. The van der Waals surface area contributed by atoms with Crippen LogP contribution in [-0.2, 0) is 9.53 Å². The van der Waals surface area contributed by atoms with Gasteiger partial charge < -0.3 is 23.7 Å². The zero-order valence-electron chi connectivity index (χ0n) is 14.4. The zero-order chi connectivity index (χ0) is 18.2. The first-order valence-electron chi connectivity index (χ1n) is 8.22. The second-order valence-corrected chi connectivity index (χ2v) is 5.44. The second kappa shape index (κ2) is 8.96. The lowest BCUT2D eigenvalue weighted by atomic mass is 10.2. The maximum absolute atomic E-state index is 12.0. The molecule has 1 heterocycles. The summed E-state index contributed by atoms with van der Waals surface area (Å²) in [6.45, 7) is 4.16. The van der Waals surface area contributed by atoms with Crippen LogP contribution in [0.3, 0.4) is 0 Å². The molecule has 0 aliphatic rings. The van der Waals surface area contributed by atoms with Gasteiger partial charge in [0.25, 0.3) is 0 Å². The van der Waals surface area contributed by atoms with Crippen LogP contribution in [-0.4, -0.2) is 30.9 Å². The molecular formula is C18H22O7. The van der Waals surface area contributed by atoms with E-state index >= 15 is 0 Å². The standard InChI is InChI=1S/C18H22O7/c1-3-4-9-24-17-16(20)15-13(23-11-6-10-22-12(2)19)7-5-8-14(15)25-18(17)21/h5,7-8,20H,3-4,6,9-11H2,1-2H3. The van der Waals surface area contributed by atoms with Crippen molar-refractivity contribution in [3.05, 3.63) is 28.6 Å². The van der Waals surface area contributed by atoms with E-state index in [9.17, 15) is 14.7 Å². The Morgan fingerprint density at radius 3 is 2.64 bits per heavy atom. The highest BCUT2D eigenvalue weighted by Gasteiger charge is 2.18. The van der Waals surface area contributed by atoms with Gasteiger partial charge >= 0.3 is 11.6 Å². The molecule has 0 saturated heterocycles. The maximum atomic E-state index is 12.0. The van der Waals surface area contributed by atoms with Gasteiger partial charge in [0.05, 0.1) is 19.8 Å². The summed E-state index contributed by atoms with van der Waals surface area (Å²) in [6, 6.07) is 4.88. The van der Waals surface area contributed by atoms with Crippen molar-refractivity contribution in [1.82, 2.24) is 0 Å². The Balaban J connectivity index is 2.21. The van der Waals surface area contributed by atoms with Crippen LogP contribution in [0.5, 0.6) is 17.2 Å². The molecule has 1 aromatic carbocycles. The van der Waals surface area contributed by atoms with Crippen LogP contribution in [0.15, 0.2) is 27.4 Å². The van der Waals surface area contributed by atoms with Crippen LogP contribution < -0.4 is 15.1 Å². The van der Waals surface area contributed by atoms with Crippen molar-refractivity contribution in [2.45, 2.75) is 33.1 Å². The van der Waals surface area contributed by atoms with Crippen molar-refractivity contribution in [2.75, 3.05) is 19.8 Å². The highest BCUT2D eigenvalue weighted by Crippen LogP contribution is 2.37. The third kappa shape index (κ3) is 4.89. The minimum Gasteiger partial charge on any atom is -0.503 e. The van der Waals surface area contributed by atoms with E-state index in [0.717, 1.165) is 12.8 Å². The minimum absolute atomic E-state index is 0.211. The predicted octanol–water partition coefficient (Wildman–Crippen LogP) is 3.01. The molecule has 0 saturated carbocycles. The molecule has 136 valence electrons. The van der Waals surface area contributed by atoms with E-state index in [1.54, 1.807) is 18.2 Å². The summed E-state index contributed by atoms with van der Waals surface area (Å²) in [7, 11) is 0. The highest BCUT2D eigenvalue weighted by molar-refractivity contribution is 5.91. The fourth-order valence-electron chi connectivity index (χ4n) is 2.21. The number of aromatic hydroxyl groups is 1. The van der Waals surface area contributed by atoms with E-state index < -0.39 is 5.63 Å². The molecule has 25 heavy (non-hydrogen) atoms. The largest absolute Gasteiger partial charge is 0.503 e. The van der Waals surface area contributed by atoms with Crippen LogP contribution in [0.2, 0.25) is 0 Å². The van der Waals surface area contributed by atoms with Crippen LogP contribution in [0, 0.1) is 0 Å². The topological polar surface area (TPSA) is 95.2 Å². The number of hydrogen-bond donors (Lipinski definition) is 1. The van der Waals surface area contributed by atoms with Crippen molar-refractivity contribution in [2.24, 2.45) is 0 Å². The first-order chi connectivity index (χ1) is 12.0. The van der Waals surface area contributed by atoms with Gasteiger partial charge in [-0.05, 0) is 18.6 Å². The van der Waals surface area contributed by atoms with Crippen molar-refractivity contribution in [1.29, 1.82) is 0 Å². The highest BCUT2D eigenvalue weighted by atomic mass is 16.5. The van der Waals surface area contributed by atoms with E-state index in [0.29, 0.717) is 18.8 Å². The van der Waals surface area contributed by atoms with Gasteiger partial charge in [-0.2, -0.15) is 0 Å². The third-order valence-corrected chi connectivity index (χ3v) is 3.42. The average Bonchev–Trinajstić information content (AvgIpc) is 2.57. The van der Waals surface area contributed by atoms with Crippen molar-refractivity contribution >= 4 is 16.9 Å². The molecule has 0 unspecified atom stereocenters. The van der Waals surface area contributed by atoms with Gasteiger partial charge in [0.15, 0.2) is 5.75 Å². The molecule has 2 aromatic rings. The van der Waals surface area contributed by atoms with Gasteiger partial charge in [0.1, 0.15) is 16.7 Å². The Labute approximate surface area is 145 Å². The molecule has 2 rings (SSSR count). The molecule has 7 heteroatoms. The fraction of sp³-hybridized carbons (Fsp3) is 0.444. The van der Waals surface area contributed by atoms with Gasteiger partial charge in [0.2, 0.25) is 5.75 Å². The smallest absolute Gasteiger partial charge is 0.383 e. The van der Waals surface area contributed by atoms with Crippen LogP contribution >= 0.6 is 0 Å². The van der Waals surface area contributed by atoms with Crippen LogP contribution in [0.1, 0.15) is 33.1 Å². The number of carbonyl (C=O) groups excluding carboxylic acids is 1. The molecule has 0 aliphatic heterocycles. The Hall–Kier alpha value is -2.70. The molecule has 0 amide bonds. The van der Waals surface area contributed by atoms with Gasteiger partial charge in [-0.25, -0.2) is 4.79 Å². The number of unbranched alkanes of at least 4 members (excludes halogenated alkanes) is 1. The Morgan fingerprint density at radius 2 is 1.92 bits per heavy atom. The summed E-state index contributed by atoms with van der Waals surface area (Å²) in [6.07, 6.45) is 2.15. The van der Waals surface area contributed by atoms with Crippen LogP contribution in [0.25, 0.3) is 11.0 Å². The second-order valence-electron chi connectivity index (χ2n) is 5.44. The van der Waals surface area contributed by atoms with E-state index in [1.165, 1.54) is 6.92 Å². The number of carbonyl (C=O) groups is 1. The monoisotopic (exact) mass is 350 g/mol.